The molecule has 0 aromatic heterocycles. The van der Waals surface area contributed by atoms with Crippen LogP contribution in [0.4, 0.5) is 0 Å². The van der Waals surface area contributed by atoms with Crippen molar-refractivity contribution in [1.29, 1.82) is 0 Å². The standard InChI is InChI=1S/C17H32O3/c1-5-17(4,15(18)19)14-10-7-6-9-13(11-8-12-14)16(2,3)20/h13-14,20H,5-12H2,1-4H3,(H,18,19). The first-order chi connectivity index (χ1) is 9.21. The number of hydrogen-bond acceptors (Lipinski definition) is 2. The molecule has 0 saturated heterocycles. The molecule has 1 saturated carbocycles. The smallest absolute Gasteiger partial charge is 0.309 e. The summed E-state index contributed by atoms with van der Waals surface area (Å²) in [5, 5.41) is 19.8. The van der Waals surface area contributed by atoms with Gasteiger partial charge in [0.15, 0.2) is 0 Å². The molecule has 1 aliphatic carbocycles. The molecular weight excluding hydrogens is 252 g/mol. The van der Waals surface area contributed by atoms with Crippen LogP contribution in [0.15, 0.2) is 0 Å². The minimum atomic E-state index is -0.650. The van der Waals surface area contributed by atoms with Gasteiger partial charge in [-0.2, -0.15) is 0 Å². The average molecular weight is 284 g/mol. The highest BCUT2D eigenvalue weighted by molar-refractivity contribution is 5.74. The molecule has 0 amide bonds. The summed E-state index contributed by atoms with van der Waals surface area (Å²) in [7, 11) is 0. The zero-order valence-corrected chi connectivity index (χ0v) is 13.6. The first-order valence-electron chi connectivity index (χ1n) is 8.17. The Morgan fingerprint density at radius 1 is 1.00 bits per heavy atom. The fraction of sp³-hybridized carbons (Fsp3) is 0.941. The van der Waals surface area contributed by atoms with Crippen LogP contribution in [0.2, 0.25) is 0 Å². The van der Waals surface area contributed by atoms with E-state index in [0.717, 1.165) is 44.9 Å². The summed E-state index contributed by atoms with van der Waals surface area (Å²) in [6, 6.07) is 0. The molecule has 20 heavy (non-hydrogen) atoms. The van der Waals surface area contributed by atoms with Crippen LogP contribution in [0, 0.1) is 17.3 Å². The van der Waals surface area contributed by atoms with Gasteiger partial charge in [-0.15, -0.1) is 0 Å². The van der Waals surface area contributed by atoms with E-state index in [9.17, 15) is 15.0 Å². The molecular formula is C17H32O3. The van der Waals surface area contributed by atoms with Gasteiger partial charge in [-0.25, -0.2) is 0 Å². The molecule has 1 aliphatic rings. The summed E-state index contributed by atoms with van der Waals surface area (Å²) >= 11 is 0. The van der Waals surface area contributed by atoms with E-state index in [2.05, 4.69) is 0 Å². The topological polar surface area (TPSA) is 57.5 Å². The lowest BCUT2D eigenvalue weighted by Gasteiger charge is -2.33. The molecule has 0 heterocycles. The van der Waals surface area contributed by atoms with E-state index in [1.807, 2.05) is 27.7 Å². The van der Waals surface area contributed by atoms with Crippen LogP contribution in [-0.4, -0.2) is 21.8 Å². The third-order valence-corrected chi connectivity index (χ3v) is 5.58. The van der Waals surface area contributed by atoms with Crippen LogP contribution >= 0.6 is 0 Å². The summed E-state index contributed by atoms with van der Waals surface area (Å²) in [6.45, 7) is 7.70. The monoisotopic (exact) mass is 284 g/mol. The number of aliphatic hydroxyl groups is 1. The predicted molar refractivity (Wildman–Crippen MR) is 81.6 cm³/mol. The zero-order chi connectivity index (χ0) is 15.4. The second-order valence-electron chi connectivity index (χ2n) is 7.34. The summed E-state index contributed by atoms with van der Waals surface area (Å²) < 4.78 is 0. The number of rotatable bonds is 4. The molecule has 3 atom stereocenters. The van der Waals surface area contributed by atoms with Gasteiger partial charge in [0.05, 0.1) is 11.0 Å². The molecule has 3 nitrogen and oxygen atoms in total. The van der Waals surface area contributed by atoms with Gasteiger partial charge in [-0.05, 0) is 64.7 Å². The Labute approximate surface area is 123 Å². The summed E-state index contributed by atoms with van der Waals surface area (Å²) in [5.74, 6) is -0.0344. The van der Waals surface area contributed by atoms with E-state index in [1.54, 1.807) is 0 Å². The number of carboxylic acids is 1. The number of carboxylic acid groups (broad SMARTS) is 1. The van der Waals surface area contributed by atoms with E-state index in [-0.39, 0.29) is 5.92 Å². The van der Waals surface area contributed by atoms with Crippen LogP contribution in [0.25, 0.3) is 0 Å². The van der Waals surface area contributed by atoms with Gasteiger partial charge in [-0.1, -0.05) is 26.2 Å². The van der Waals surface area contributed by atoms with Crippen molar-refractivity contribution in [1.82, 2.24) is 0 Å². The van der Waals surface area contributed by atoms with Gasteiger partial charge < -0.3 is 10.2 Å². The summed E-state index contributed by atoms with van der Waals surface area (Å²) in [6.07, 6.45) is 7.97. The molecule has 118 valence electrons. The number of carbonyl (C=O) groups is 1. The second kappa shape index (κ2) is 6.93. The van der Waals surface area contributed by atoms with Gasteiger partial charge in [0.2, 0.25) is 0 Å². The van der Waals surface area contributed by atoms with Crippen molar-refractivity contribution < 1.29 is 15.0 Å². The van der Waals surface area contributed by atoms with Crippen molar-refractivity contribution >= 4 is 5.97 Å². The molecule has 0 aliphatic heterocycles. The first kappa shape index (κ1) is 17.5. The van der Waals surface area contributed by atoms with E-state index in [0.29, 0.717) is 12.3 Å². The Kier molecular flexibility index (Phi) is 6.06. The average Bonchev–Trinajstić information content (AvgIpc) is 2.48. The van der Waals surface area contributed by atoms with Gasteiger partial charge in [-0.3, -0.25) is 4.79 Å². The van der Waals surface area contributed by atoms with Crippen molar-refractivity contribution in [2.75, 3.05) is 0 Å². The largest absolute Gasteiger partial charge is 0.481 e. The van der Waals surface area contributed by atoms with Crippen molar-refractivity contribution in [3.05, 3.63) is 0 Å². The molecule has 0 spiro atoms. The van der Waals surface area contributed by atoms with E-state index in [4.69, 9.17) is 0 Å². The van der Waals surface area contributed by atoms with Gasteiger partial charge in [0.25, 0.3) is 0 Å². The van der Waals surface area contributed by atoms with E-state index in [1.165, 1.54) is 0 Å². The number of aliphatic carboxylic acids is 1. The lowest BCUT2D eigenvalue weighted by Crippen LogP contribution is -2.35. The predicted octanol–water partition coefficient (Wildman–Crippen LogP) is 4.23. The highest BCUT2D eigenvalue weighted by Gasteiger charge is 2.39. The number of hydrogen-bond donors (Lipinski definition) is 2. The van der Waals surface area contributed by atoms with E-state index < -0.39 is 17.0 Å². The van der Waals surface area contributed by atoms with Crippen LogP contribution in [-0.2, 0) is 4.79 Å². The molecule has 1 fully saturated rings. The maximum absolute atomic E-state index is 11.6. The minimum Gasteiger partial charge on any atom is -0.481 e. The van der Waals surface area contributed by atoms with Crippen LogP contribution in [0.1, 0.15) is 79.1 Å². The van der Waals surface area contributed by atoms with E-state index >= 15 is 0 Å². The fourth-order valence-corrected chi connectivity index (χ4v) is 3.64. The Bertz CT molecular complexity index is 319. The fourth-order valence-electron chi connectivity index (χ4n) is 3.64. The van der Waals surface area contributed by atoms with Crippen molar-refractivity contribution in [3.63, 3.8) is 0 Å². The van der Waals surface area contributed by atoms with Gasteiger partial charge in [0.1, 0.15) is 0 Å². The maximum atomic E-state index is 11.6. The molecule has 0 bridgehead atoms. The Morgan fingerprint density at radius 2 is 1.45 bits per heavy atom. The minimum absolute atomic E-state index is 0.269. The Balaban J connectivity index is 2.74. The van der Waals surface area contributed by atoms with Crippen molar-refractivity contribution in [2.24, 2.45) is 17.3 Å². The third kappa shape index (κ3) is 4.21. The third-order valence-electron chi connectivity index (χ3n) is 5.58. The Hall–Kier alpha value is -0.570. The lowest BCUT2D eigenvalue weighted by atomic mass is 9.70. The SMILES string of the molecule is CCC(C)(C(=O)O)C1CCCCC(C(C)(C)O)CCC1. The van der Waals surface area contributed by atoms with Crippen molar-refractivity contribution in [3.8, 4) is 0 Å². The highest BCUT2D eigenvalue weighted by atomic mass is 16.4. The zero-order valence-electron chi connectivity index (χ0n) is 13.6. The van der Waals surface area contributed by atoms with Crippen molar-refractivity contribution in [2.45, 2.75) is 84.7 Å². The lowest BCUT2D eigenvalue weighted by molar-refractivity contribution is -0.152. The van der Waals surface area contributed by atoms with Crippen LogP contribution in [0.3, 0.4) is 0 Å². The van der Waals surface area contributed by atoms with Crippen LogP contribution < -0.4 is 0 Å². The summed E-state index contributed by atoms with van der Waals surface area (Å²) in [5.41, 5.74) is -1.20. The normalized spacial score (nSPS) is 28.9. The van der Waals surface area contributed by atoms with Crippen LogP contribution in [0.5, 0.6) is 0 Å². The molecule has 0 aromatic rings. The first-order valence-corrected chi connectivity index (χ1v) is 8.17. The molecule has 2 N–H and O–H groups in total. The molecule has 0 radical (unpaired) electrons. The second-order valence-corrected chi connectivity index (χ2v) is 7.34. The highest BCUT2D eigenvalue weighted by Crippen LogP contribution is 2.41. The molecule has 0 aromatic carbocycles. The Morgan fingerprint density at radius 3 is 1.90 bits per heavy atom. The summed E-state index contributed by atoms with van der Waals surface area (Å²) in [4.78, 5) is 11.6. The van der Waals surface area contributed by atoms with Gasteiger partial charge in [0, 0.05) is 0 Å². The molecule has 1 rings (SSSR count). The maximum Gasteiger partial charge on any atom is 0.309 e. The quantitative estimate of drug-likeness (QED) is 0.812. The van der Waals surface area contributed by atoms with Gasteiger partial charge >= 0.3 is 5.97 Å². The molecule has 3 unspecified atom stereocenters. The molecule has 3 heteroatoms.